The molecule has 0 aliphatic carbocycles. The van der Waals surface area contributed by atoms with Crippen molar-refractivity contribution in [2.75, 3.05) is 20.5 Å². The van der Waals surface area contributed by atoms with Crippen LogP contribution in [-0.2, 0) is 0 Å². The van der Waals surface area contributed by atoms with E-state index in [0.717, 1.165) is 10.5 Å². The first kappa shape index (κ1) is 14.3. The molecule has 0 fully saturated rings. The second-order valence-corrected chi connectivity index (χ2v) is 4.73. The fourth-order valence-corrected chi connectivity index (χ4v) is 2.41. The van der Waals surface area contributed by atoms with E-state index in [4.69, 9.17) is 14.6 Å². The van der Waals surface area contributed by atoms with Gasteiger partial charge in [-0.15, -0.1) is 11.8 Å². The van der Waals surface area contributed by atoms with Gasteiger partial charge in [-0.05, 0) is 24.5 Å². The molecule has 1 aromatic carbocycles. The van der Waals surface area contributed by atoms with Crippen LogP contribution in [0.15, 0.2) is 23.1 Å². The number of carbonyl (C=O) groups is 1. The molecule has 0 saturated heterocycles. The van der Waals surface area contributed by atoms with Crippen molar-refractivity contribution in [1.29, 1.82) is 0 Å². The van der Waals surface area contributed by atoms with Gasteiger partial charge >= 0.3 is 5.97 Å². The standard InChI is InChI=1S/C13H14N2O4S/c1-18-10-4-7(12(20-3)6-11(10)19-2)8-5-9(13(16)17)15-14-8/h4-6H,1-3H3,(H,14,15)(H,16,17). The van der Waals surface area contributed by atoms with Gasteiger partial charge in [-0.25, -0.2) is 4.79 Å². The number of nitrogens with one attached hydrogen (secondary N) is 1. The Morgan fingerprint density at radius 2 is 1.90 bits per heavy atom. The molecule has 2 N–H and O–H groups in total. The first-order chi connectivity index (χ1) is 9.60. The topological polar surface area (TPSA) is 84.4 Å². The number of thioether (sulfide) groups is 1. The van der Waals surface area contributed by atoms with E-state index in [2.05, 4.69) is 10.2 Å². The number of rotatable bonds is 5. The fourth-order valence-electron chi connectivity index (χ4n) is 1.80. The van der Waals surface area contributed by atoms with Crippen LogP contribution in [0.25, 0.3) is 11.3 Å². The number of H-pyrrole nitrogens is 1. The van der Waals surface area contributed by atoms with Gasteiger partial charge in [-0.1, -0.05) is 0 Å². The monoisotopic (exact) mass is 294 g/mol. The van der Waals surface area contributed by atoms with Crippen LogP contribution >= 0.6 is 11.8 Å². The minimum Gasteiger partial charge on any atom is -0.493 e. The van der Waals surface area contributed by atoms with Gasteiger partial charge in [0, 0.05) is 10.5 Å². The van der Waals surface area contributed by atoms with Crippen molar-refractivity contribution < 1.29 is 19.4 Å². The van der Waals surface area contributed by atoms with Crippen LogP contribution in [-0.4, -0.2) is 41.7 Å². The largest absolute Gasteiger partial charge is 0.493 e. The zero-order valence-corrected chi connectivity index (χ0v) is 12.1. The summed E-state index contributed by atoms with van der Waals surface area (Å²) in [6.07, 6.45) is 1.93. The van der Waals surface area contributed by atoms with E-state index in [0.29, 0.717) is 17.2 Å². The summed E-state index contributed by atoms with van der Waals surface area (Å²) in [5.41, 5.74) is 1.38. The predicted octanol–water partition coefficient (Wildman–Crippen LogP) is 2.51. The summed E-state index contributed by atoms with van der Waals surface area (Å²) in [7, 11) is 3.12. The van der Waals surface area contributed by atoms with Crippen LogP contribution < -0.4 is 9.47 Å². The minimum absolute atomic E-state index is 0.0434. The highest BCUT2D eigenvalue weighted by atomic mass is 32.2. The Kier molecular flexibility index (Phi) is 4.19. The zero-order chi connectivity index (χ0) is 14.7. The number of methoxy groups -OCH3 is 2. The molecule has 0 aliphatic rings. The quantitative estimate of drug-likeness (QED) is 0.824. The molecule has 6 nitrogen and oxygen atoms in total. The molecule has 1 aromatic heterocycles. The second kappa shape index (κ2) is 5.87. The second-order valence-electron chi connectivity index (χ2n) is 3.88. The van der Waals surface area contributed by atoms with E-state index in [1.165, 1.54) is 17.8 Å². The van der Waals surface area contributed by atoms with E-state index in [1.54, 1.807) is 20.3 Å². The molecule has 106 valence electrons. The van der Waals surface area contributed by atoms with Crippen molar-refractivity contribution >= 4 is 17.7 Å². The zero-order valence-electron chi connectivity index (χ0n) is 11.3. The van der Waals surface area contributed by atoms with Crippen molar-refractivity contribution in [3.63, 3.8) is 0 Å². The van der Waals surface area contributed by atoms with Crippen LogP contribution in [0.4, 0.5) is 0 Å². The minimum atomic E-state index is -1.05. The smallest absolute Gasteiger partial charge is 0.353 e. The molecule has 7 heteroatoms. The summed E-state index contributed by atoms with van der Waals surface area (Å²) in [4.78, 5) is 11.8. The lowest BCUT2D eigenvalue weighted by molar-refractivity contribution is 0.0690. The molecule has 0 amide bonds. The highest BCUT2D eigenvalue weighted by molar-refractivity contribution is 7.98. The van der Waals surface area contributed by atoms with E-state index >= 15 is 0 Å². The Bertz CT molecular complexity index is 639. The first-order valence-electron chi connectivity index (χ1n) is 5.69. The number of benzene rings is 1. The molecule has 2 rings (SSSR count). The average Bonchev–Trinajstić information content (AvgIpc) is 2.95. The molecule has 1 heterocycles. The Morgan fingerprint density at radius 3 is 2.40 bits per heavy atom. The highest BCUT2D eigenvalue weighted by Gasteiger charge is 2.16. The van der Waals surface area contributed by atoms with Crippen LogP contribution in [0.5, 0.6) is 11.5 Å². The van der Waals surface area contributed by atoms with Crippen LogP contribution in [0, 0.1) is 0 Å². The Balaban J connectivity index is 2.56. The SMILES string of the molecule is COc1cc(SC)c(-c2cc(C(=O)O)[nH]n2)cc1OC. The van der Waals surface area contributed by atoms with Gasteiger partial charge in [0.1, 0.15) is 5.69 Å². The molecule has 0 bridgehead atoms. The summed E-state index contributed by atoms with van der Waals surface area (Å²) in [6, 6.07) is 5.11. The molecule has 0 radical (unpaired) electrons. The maximum absolute atomic E-state index is 10.9. The maximum Gasteiger partial charge on any atom is 0.353 e. The molecule has 0 spiro atoms. The molecule has 0 aliphatic heterocycles. The van der Waals surface area contributed by atoms with Crippen molar-refractivity contribution in [2.24, 2.45) is 0 Å². The van der Waals surface area contributed by atoms with Crippen molar-refractivity contribution in [2.45, 2.75) is 4.90 Å². The molecule has 20 heavy (non-hydrogen) atoms. The summed E-state index contributed by atoms with van der Waals surface area (Å²) in [5.74, 6) is 0.143. The third-order valence-electron chi connectivity index (χ3n) is 2.79. The molecule has 0 atom stereocenters. The van der Waals surface area contributed by atoms with Gasteiger partial charge in [0.05, 0.1) is 19.9 Å². The third kappa shape index (κ3) is 2.57. The number of carboxylic acids is 1. The Hall–Kier alpha value is -2.15. The molecule has 2 aromatic rings. The van der Waals surface area contributed by atoms with E-state index < -0.39 is 5.97 Å². The molecular formula is C13H14N2O4S. The molecular weight excluding hydrogens is 280 g/mol. The van der Waals surface area contributed by atoms with E-state index in [-0.39, 0.29) is 5.69 Å². The lowest BCUT2D eigenvalue weighted by Crippen LogP contribution is -1.95. The Labute approximate surface area is 120 Å². The van der Waals surface area contributed by atoms with Gasteiger partial charge in [0.2, 0.25) is 0 Å². The summed E-state index contributed by atoms with van der Waals surface area (Å²) in [6.45, 7) is 0. The highest BCUT2D eigenvalue weighted by Crippen LogP contribution is 2.39. The number of nitrogens with zero attached hydrogens (tertiary/aromatic N) is 1. The predicted molar refractivity (Wildman–Crippen MR) is 75.9 cm³/mol. The van der Waals surface area contributed by atoms with Crippen molar-refractivity contribution in [1.82, 2.24) is 10.2 Å². The number of aromatic carboxylic acids is 1. The summed E-state index contributed by atoms with van der Waals surface area (Å²) >= 11 is 1.52. The lowest BCUT2D eigenvalue weighted by Gasteiger charge is -2.12. The first-order valence-corrected chi connectivity index (χ1v) is 6.92. The van der Waals surface area contributed by atoms with E-state index in [1.807, 2.05) is 12.3 Å². The molecule has 0 unspecified atom stereocenters. The number of aromatic nitrogens is 2. The molecule has 0 saturated carbocycles. The summed E-state index contributed by atoms with van der Waals surface area (Å²) in [5, 5.41) is 15.5. The number of hydrogen-bond donors (Lipinski definition) is 2. The average molecular weight is 294 g/mol. The number of carboxylic acid groups (broad SMARTS) is 1. The fraction of sp³-hybridized carbons (Fsp3) is 0.231. The van der Waals surface area contributed by atoms with Gasteiger partial charge < -0.3 is 14.6 Å². The number of hydrogen-bond acceptors (Lipinski definition) is 5. The Morgan fingerprint density at radius 1 is 1.25 bits per heavy atom. The van der Waals surface area contributed by atoms with Crippen LogP contribution in [0.1, 0.15) is 10.5 Å². The number of aromatic amines is 1. The summed E-state index contributed by atoms with van der Waals surface area (Å²) < 4.78 is 10.5. The maximum atomic E-state index is 10.9. The lowest BCUT2D eigenvalue weighted by atomic mass is 10.1. The van der Waals surface area contributed by atoms with Gasteiger partial charge in [0.15, 0.2) is 11.5 Å². The third-order valence-corrected chi connectivity index (χ3v) is 3.57. The van der Waals surface area contributed by atoms with Crippen molar-refractivity contribution in [3.8, 4) is 22.8 Å². The van der Waals surface area contributed by atoms with Gasteiger partial charge in [0.25, 0.3) is 0 Å². The van der Waals surface area contributed by atoms with Crippen LogP contribution in [0.2, 0.25) is 0 Å². The van der Waals surface area contributed by atoms with Crippen molar-refractivity contribution in [3.05, 3.63) is 23.9 Å². The number of ether oxygens (including phenoxy) is 2. The van der Waals surface area contributed by atoms with Gasteiger partial charge in [-0.2, -0.15) is 5.10 Å². The van der Waals surface area contributed by atoms with Crippen LogP contribution in [0.3, 0.4) is 0 Å². The normalized spacial score (nSPS) is 10.3. The van der Waals surface area contributed by atoms with E-state index in [9.17, 15) is 4.79 Å². The van der Waals surface area contributed by atoms with Gasteiger partial charge in [-0.3, -0.25) is 5.10 Å².